The van der Waals surface area contributed by atoms with Gasteiger partial charge in [-0.05, 0) is 30.3 Å². The average Bonchev–Trinajstić information content (AvgIpc) is 3.49. The summed E-state index contributed by atoms with van der Waals surface area (Å²) in [4.78, 5) is 33.1. The zero-order valence-corrected chi connectivity index (χ0v) is 18.2. The molecule has 1 amide bonds. The molecule has 5 rings (SSSR count). The van der Waals surface area contributed by atoms with Gasteiger partial charge in [-0.3, -0.25) is 14.0 Å². The molecule has 0 atom stereocenters. The van der Waals surface area contributed by atoms with E-state index in [2.05, 4.69) is 20.4 Å². The summed E-state index contributed by atoms with van der Waals surface area (Å²) in [6.45, 7) is 0. The van der Waals surface area contributed by atoms with E-state index in [1.165, 1.54) is 53.7 Å². The normalized spacial score (nSPS) is 11.7. The number of carbonyl (C=O) groups excluding carboxylic acids is 1. The third-order valence-electron chi connectivity index (χ3n) is 5.06. The second-order valence-corrected chi connectivity index (χ2v) is 7.66. The predicted molar refractivity (Wildman–Crippen MR) is 120 cm³/mol. The van der Waals surface area contributed by atoms with Crippen LogP contribution in [-0.4, -0.2) is 34.6 Å². The lowest BCUT2D eigenvalue weighted by molar-refractivity contribution is -0.142. The minimum atomic E-state index is -4.90. The van der Waals surface area contributed by atoms with Crippen LogP contribution in [0, 0.1) is 0 Å². The highest BCUT2D eigenvalue weighted by atomic mass is 35.5. The predicted octanol–water partition coefficient (Wildman–Crippen LogP) is 3.99. The van der Waals surface area contributed by atoms with Crippen LogP contribution in [0.5, 0.6) is 0 Å². The Morgan fingerprint density at radius 1 is 1.03 bits per heavy atom. The van der Waals surface area contributed by atoms with Crippen LogP contribution in [0.3, 0.4) is 0 Å². The summed E-state index contributed by atoms with van der Waals surface area (Å²) in [6, 6.07) is 8.03. The molecule has 35 heavy (non-hydrogen) atoms. The molecule has 0 radical (unpaired) electrons. The second kappa shape index (κ2) is 8.40. The second-order valence-electron chi connectivity index (χ2n) is 7.25. The first-order valence-corrected chi connectivity index (χ1v) is 10.3. The molecule has 0 aliphatic carbocycles. The molecule has 5 heterocycles. The fourth-order valence-electron chi connectivity index (χ4n) is 3.60. The number of halogens is 4. The van der Waals surface area contributed by atoms with Crippen LogP contribution < -0.4 is 10.9 Å². The maximum absolute atomic E-state index is 14.1. The number of nitrogens with zero attached hydrogens (tertiary/aromatic N) is 6. The summed E-state index contributed by atoms with van der Waals surface area (Å²) >= 11 is 6.21. The van der Waals surface area contributed by atoms with Gasteiger partial charge < -0.3 is 9.88 Å². The van der Waals surface area contributed by atoms with E-state index in [0.717, 1.165) is 21.2 Å². The van der Waals surface area contributed by atoms with Gasteiger partial charge in [-0.25, -0.2) is 14.6 Å². The van der Waals surface area contributed by atoms with E-state index in [9.17, 15) is 22.8 Å². The maximum Gasteiger partial charge on any atom is 0.432 e. The van der Waals surface area contributed by atoms with Gasteiger partial charge in [-0.15, -0.1) is 0 Å². The van der Waals surface area contributed by atoms with Crippen molar-refractivity contribution in [2.45, 2.75) is 6.18 Å². The van der Waals surface area contributed by atoms with Crippen molar-refractivity contribution in [1.29, 1.82) is 0 Å². The molecule has 5 aromatic heterocycles. The summed E-state index contributed by atoms with van der Waals surface area (Å²) < 4.78 is 45.7. The molecule has 176 valence electrons. The minimum absolute atomic E-state index is 0.00162. The Labute approximate surface area is 199 Å². The van der Waals surface area contributed by atoms with Gasteiger partial charge in [0.1, 0.15) is 5.69 Å². The topological polar surface area (TPSA) is 99.1 Å². The molecule has 0 aliphatic rings. The Hall–Kier alpha value is -4.45. The summed E-state index contributed by atoms with van der Waals surface area (Å²) in [7, 11) is 0. The van der Waals surface area contributed by atoms with Crippen molar-refractivity contribution in [3.05, 3.63) is 100 Å². The molecule has 9 nitrogen and oxygen atoms in total. The number of nitrogens with one attached hydrogen (secondary N) is 1. The summed E-state index contributed by atoms with van der Waals surface area (Å²) in [5, 5.41) is 6.54. The van der Waals surface area contributed by atoms with Gasteiger partial charge in [-0.2, -0.15) is 18.3 Å². The van der Waals surface area contributed by atoms with E-state index in [4.69, 9.17) is 11.6 Å². The van der Waals surface area contributed by atoms with E-state index < -0.39 is 28.9 Å². The molecule has 0 bridgehead atoms. The van der Waals surface area contributed by atoms with Crippen molar-refractivity contribution < 1.29 is 18.0 Å². The van der Waals surface area contributed by atoms with Gasteiger partial charge in [-0.1, -0.05) is 11.6 Å². The molecule has 13 heteroatoms. The Kier molecular flexibility index (Phi) is 5.36. The number of hydrogen-bond donors (Lipinski definition) is 1. The Morgan fingerprint density at radius 2 is 1.86 bits per heavy atom. The molecule has 0 saturated carbocycles. The fourth-order valence-corrected chi connectivity index (χ4v) is 3.85. The van der Waals surface area contributed by atoms with Crippen molar-refractivity contribution in [2.24, 2.45) is 0 Å². The Bertz CT molecular complexity index is 1620. The van der Waals surface area contributed by atoms with Gasteiger partial charge in [0.05, 0.1) is 28.2 Å². The first kappa shape index (κ1) is 22.3. The van der Waals surface area contributed by atoms with Crippen LogP contribution in [0.15, 0.2) is 78.4 Å². The number of carbonyl (C=O) groups is 1. The molecule has 0 aromatic carbocycles. The van der Waals surface area contributed by atoms with E-state index >= 15 is 0 Å². The van der Waals surface area contributed by atoms with Crippen molar-refractivity contribution in [3.8, 4) is 11.5 Å². The lowest BCUT2D eigenvalue weighted by atomic mass is 10.2. The van der Waals surface area contributed by atoms with E-state index in [-0.39, 0.29) is 27.9 Å². The fraction of sp³-hybridized carbons (Fsp3) is 0.0455. The summed E-state index contributed by atoms with van der Waals surface area (Å²) in [5.74, 6) is -0.735. The van der Waals surface area contributed by atoms with Gasteiger partial charge in [0, 0.05) is 37.1 Å². The van der Waals surface area contributed by atoms with E-state index in [1.807, 2.05) is 0 Å². The first-order valence-electron chi connectivity index (χ1n) is 9.96. The quantitative estimate of drug-likeness (QED) is 0.403. The summed E-state index contributed by atoms with van der Waals surface area (Å²) in [5.41, 5.74) is -2.25. The molecule has 5 aromatic rings. The van der Waals surface area contributed by atoms with Gasteiger partial charge >= 0.3 is 6.18 Å². The minimum Gasteiger partial charge on any atom is -0.320 e. The number of fused-ring (bicyclic) bond motifs is 1. The van der Waals surface area contributed by atoms with Gasteiger partial charge in [0.25, 0.3) is 11.5 Å². The van der Waals surface area contributed by atoms with Crippen molar-refractivity contribution in [3.63, 3.8) is 0 Å². The largest absolute Gasteiger partial charge is 0.432 e. The van der Waals surface area contributed by atoms with Crippen LogP contribution in [0.25, 0.3) is 17.2 Å². The molecular formula is C22H13ClF3N7O2. The number of alkyl halides is 3. The smallest absolute Gasteiger partial charge is 0.320 e. The third-order valence-corrected chi connectivity index (χ3v) is 5.34. The molecule has 0 saturated heterocycles. The average molecular weight is 500 g/mol. The highest BCUT2D eigenvalue weighted by molar-refractivity contribution is 6.32. The van der Waals surface area contributed by atoms with Gasteiger partial charge in [0.2, 0.25) is 0 Å². The lowest BCUT2D eigenvalue weighted by Crippen LogP contribution is -2.21. The van der Waals surface area contributed by atoms with Crippen molar-refractivity contribution in [2.75, 3.05) is 5.32 Å². The summed E-state index contributed by atoms with van der Waals surface area (Å²) in [6.07, 6.45) is 3.18. The maximum atomic E-state index is 14.1. The molecule has 0 fully saturated rings. The SMILES string of the molecule is O=C(Nc1cnc(-n2cccn2)c(Cl)c1)c1ccn(-c2cccn3c(=O)ccnc23)c1C(F)(F)F. The Balaban J connectivity index is 1.55. The van der Waals surface area contributed by atoms with E-state index in [1.54, 1.807) is 12.3 Å². The zero-order chi connectivity index (χ0) is 24.7. The Morgan fingerprint density at radius 3 is 2.57 bits per heavy atom. The molecule has 0 unspecified atom stereocenters. The highest BCUT2D eigenvalue weighted by Gasteiger charge is 2.40. The standard InChI is InChI=1S/C22H13ClF3N7O2/c23-15-11-13(12-28-19(15)33-9-2-6-29-33)30-21(35)14-5-10-31(18(14)22(24,25)26)16-3-1-8-32-17(34)4-7-27-20(16)32/h1-12H,(H,30,35). The molecule has 1 N–H and O–H groups in total. The van der Waals surface area contributed by atoms with Crippen molar-refractivity contribution in [1.82, 2.24) is 28.7 Å². The molecule has 0 spiro atoms. The number of anilines is 1. The van der Waals surface area contributed by atoms with Crippen LogP contribution >= 0.6 is 11.6 Å². The number of amides is 1. The number of pyridine rings is 2. The lowest BCUT2D eigenvalue weighted by Gasteiger charge is -2.16. The van der Waals surface area contributed by atoms with Gasteiger partial charge in [0.15, 0.2) is 11.5 Å². The number of hydrogen-bond acceptors (Lipinski definition) is 5. The highest BCUT2D eigenvalue weighted by Crippen LogP contribution is 2.35. The van der Waals surface area contributed by atoms with Crippen LogP contribution in [0.2, 0.25) is 5.02 Å². The zero-order valence-electron chi connectivity index (χ0n) is 17.4. The first-order chi connectivity index (χ1) is 16.7. The molecule has 0 aliphatic heterocycles. The van der Waals surface area contributed by atoms with Crippen LogP contribution in [-0.2, 0) is 6.18 Å². The number of aromatic nitrogens is 6. The van der Waals surface area contributed by atoms with Crippen LogP contribution in [0.1, 0.15) is 16.1 Å². The van der Waals surface area contributed by atoms with Crippen molar-refractivity contribution >= 4 is 28.8 Å². The third kappa shape index (κ3) is 4.04. The monoisotopic (exact) mass is 499 g/mol. The van der Waals surface area contributed by atoms with E-state index in [0.29, 0.717) is 0 Å². The molecular weight excluding hydrogens is 487 g/mol. The number of rotatable bonds is 4. The van der Waals surface area contributed by atoms with Crippen LogP contribution in [0.4, 0.5) is 18.9 Å².